The molecule has 1 fully saturated rings. The van der Waals surface area contributed by atoms with E-state index >= 15 is 0 Å². The molecule has 12 heavy (non-hydrogen) atoms. The van der Waals surface area contributed by atoms with Crippen molar-refractivity contribution < 1.29 is 10.2 Å². The second kappa shape index (κ2) is 2.71. The van der Waals surface area contributed by atoms with Gasteiger partial charge >= 0.3 is 0 Å². The molecule has 0 bridgehead atoms. The first kappa shape index (κ1) is 10.0. The Labute approximate surface area is 74.6 Å². The van der Waals surface area contributed by atoms with Gasteiger partial charge < -0.3 is 10.2 Å². The van der Waals surface area contributed by atoms with Crippen LogP contribution in [0, 0.1) is 11.3 Å². The summed E-state index contributed by atoms with van der Waals surface area (Å²) in [6.45, 7) is 7.89. The molecule has 0 amide bonds. The third-order valence-corrected chi connectivity index (χ3v) is 3.90. The summed E-state index contributed by atoms with van der Waals surface area (Å²) in [6.07, 6.45) is 1.36. The van der Waals surface area contributed by atoms with Crippen LogP contribution in [0.25, 0.3) is 0 Å². The van der Waals surface area contributed by atoms with Gasteiger partial charge in [0.15, 0.2) is 0 Å². The molecule has 0 spiro atoms. The molecule has 0 aromatic carbocycles. The lowest BCUT2D eigenvalue weighted by Crippen LogP contribution is -2.54. The summed E-state index contributed by atoms with van der Waals surface area (Å²) in [7, 11) is 0. The molecule has 3 unspecified atom stereocenters. The van der Waals surface area contributed by atoms with Gasteiger partial charge in [-0.3, -0.25) is 0 Å². The summed E-state index contributed by atoms with van der Waals surface area (Å²) in [4.78, 5) is 0. The zero-order chi connectivity index (χ0) is 9.57. The van der Waals surface area contributed by atoms with E-state index in [2.05, 4.69) is 13.8 Å². The van der Waals surface area contributed by atoms with Gasteiger partial charge in [0, 0.05) is 5.92 Å². The van der Waals surface area contributed by atoms with Crippen LogP contribution >= 0.6 is 0 Å². The third-order valence-electron chi connectivity index (χ3n) is 3.90. The summed E-state index contributed by atoms with van der Waals surface area (Å²) in [6, 6.07) is 0. The summed E-state index contributed by atoms with van der Waals surface area (Å²) in [5, 5.41) is 19.8. The molecule has 1 saturated carbocycles. The second-order valence-corrected chi connectivity index (χ2v) is 4.93. The van der Waals surface area contributed by atoms with Crippen LogP contribution < -0.4 is 0 Å². The van der Waals surface area contributed by atoms with Crippen molar-refractivity contribution in [3.05, 3.63) is 0 Å². The molecule has 2 N–H and O–H groups in total. The lowest BCUT2D eigenvalue weighted by Gasteiger charge is -2.50. The van der Waals surface area contributed by atoms with Gasteiger partial charge in [0.25, 0.3) is 0 Å². The average Bonchev–Trinajstić information content (AvgIpc) is 1.96. The minimum atomic E-state index is -0.745. The number of hydrogen-bond acceptors (Lipinski definition) is 2. The van der Waals surface area contributed by atoms with Crippen LogP contribution in [0.4, 0.5) is 0 Å². The maximum Gasteiger partial charge on any atom is 0.0720 e. The summed E-state index contributed by atoms with van der Waals surface area (Å²) >= 11 is 0. The van der Waals surface area contributed by atoms with Gasteiger partial charge in [-0.25, -0.2) is 0 Å². The lowest BCUT2D eigenvalue weighted by molar-refractivity contribution is -0.158. The van der Waals surface area contributed by atoms with Crippen LogP contribution in [0.15, 0.2) is 0 Å². The van der Waals surface area contributed by atoms with E-state index in [-0.39, 0.29) is 17.4 Å². The van der Waals surface area contributed by atoms with Gasteiger partial charge in [0.1, 0.15) is 0 Å². The van der Waals surface area contributed by atoms with E-state index < -0.39 is 5.60 Å². The SMILES string of the molecule is CC1C(O)CCC(C)(C)C1(C)O. The fourth-order valence-electron chi connectivity index (χ4n) is 2.00. The molecule has 0 aromatic heterocycles. The van der Waals surface area contributed by atoms with Gasteiger partial charge in [-0.15, -0.1) is 0 Å². The van der Waals surface area contributed by atoms with Crippen molar-refractivity contribution in [1.82, 2.24) is 0 Å². The Kier molecular flexibility index (Phi) is 2.26. The van der Waals surface area contributed by atoms with Gasteiger partial charge in [-0.2, -0.15) is 0 Å². The number of aliphatic hydroxyl groups excluding tert-OH is 1. The predicted molar refractivity (Wildman–Crippen MR) is 48.8 cm³/mol. The highest BCUT2D eigenvalue weighted by molar-refractivity contribution is 4.99. The smallest absolute Gasteiger partial charge is 0.0720 e. The Morgan fingerprint density at radius 1 is 1.25 bits per heavy atom. The first-order chi connectivity index (χ1) is 5.29. The maximum atomic E-state index is 10.2. The number of rotatable bonds is 0. The molecule has 0 aromatic rings. The zero-order valence-electron chi connectivity index (χ0n) is 8.46. The fourth-order valence-corrected chi connectivity index (χ4v) is 2.00. The fraction of sp³-hybridized carbons (Fsp3) is 1.00. The molecule has 0 radical (unpaired) electrons. The lowest BCUT2D eigenvalue weighted by atomic mass is 9.61. The Balaban J connectivity index is 2.88. The van der Waals surface area contributed by atoms with Crippen LogP contribution in [0.3, 0.4) is 0 Å². The molecule has 0 saturated heterocycles. The first-order valence-electron chi connectivity index (χ1n) is 4.69. The van der Waals surface area contributed by atoms with Gasteiger partial charge in [0.2, 0.25) is 0 Å². The van der Waals surface area contributed by atoms with E-state index in [0.29, 0.717) is 0 Å². The third kappa shape index (κ3) is 1.27. The highest BCUT2D eigenvalue weighted by Crippen LogP contribution is 2.46. The molecule has 2 nitrogen and oxygen atoms in total. The molecule has 0 heterocycles. The highest BCUT2D eigenvalue weighted by atomic mass is 16.3. The van der Waals surface area contributed by atoms with E-state index in [1.54, 1.807) is 0 Å². The van der Waals surface area contributed by atoms with Gasteiger partial charge in [-0.05, 0) is 25.2 Å². The number of hydrogen-bond donors (Lipinski definition) is 2. The largest absolute Gasteiger partial charge is 0.393 e. The minimum absolute atomic E-state index is 0.0266. The topological polar surface area (TPSA) is 40.5 Å². The summed E-state index contributed by atoms with van der Waals surface area (Å²) < 4.78 is 0. The van der Waals surface area contributed by atoms with Crippen molar-refractivity contribution in [2.75, 3.05) is 0 Å². The van der Waals surface area contributed by atoms with Crippen molar-refractivity contribution in [2.45, 2.75) is 52.2 Å². The molecular formula is C10H20O2. The van der Waals surface area contributed by atoms with Gasteiger partial charge in [-0.1, -0.05) is 20.8 Å². The van der Waals surface area contributed by atoms with Crippen molar-refractivity contribution in [3.63, 3.8) is 0 Å². The monoisotopic (exact) mass is 172 g/mol. The van der Waals surface area contributed by atoms with Crippen LogP contribution in [0.1, 0.15) is 40.5 Å². The first-order valence-corrected chi connectivity index (χ1v) is 4.69. The Bertz CT molecular complexity index is 173. The van der Waals surface area contributed by atoms with Gasteiger partial charge in [0.05, 0.1) is 11.7 Å². The second-order valence-electron chi connectivity index (χ2n) is 4.93. The molecule has 2 heteroatoms. The minimum Gasteiger partial charge on any atom is -0.393 e. The predicted octanol–water partition coefficient (Wildman–Crippen LogP) is 1.55. The molecule has 0 aliphatic heterocycles. The van der Waals surface area contributed by atoms with Crippen molar-refractivity contribution in [2.24, 2.45) is 11.3 Å². The summed E-state index contributed by atoms with van der Waals surface area (Å²) in [5.41, 5.74) is -0.823. The number of aliphatic hydroxyl groups is 2. The van der Waals surface area contributed by atoms with Crippen LogP contribution in [-0.2, 0) is 0 Å². The maximum absolute atomic E-state index is 10.2. The molecule has 1 aliphatic carbocycles. The molecule has 3 atom stereocenters. The standard InChI is InChI=1S/C10H20O2/c1-7-8(11)5-6-9(2,3)10(7,4)12/h7-8,11-12H,5-6H2,1-4H3. The van der Waals surface area contributed by atoms with E-state index in [9.17, 15) is 10.2 Å². The van der Waals surface area contributed by atoms with Crippen LogP contribution in [0.5, 0.6) is 0 Å². The Morgan fingerprint density at radius 3 is 2.17 bits per heavy atom. The quantitative estimate of drug-likeness (QED) is 0.582. The zero-order valence-corrected chi connectivity index (χ0v) is 8.46. The Hall–Kier alpha value is -0.0800. The summed E-state index contributed by atoms with van der Waals surface area (Å²) in [5.74, 6) is -0.0266. The average molecular weight is 172 g/mol. The van der Waals surface area contributed by atoms with Crippen LogP contribution in [-0.4, -0.2) is 21.9 Å². The van der Waals surface area contributed by atoms with Crippen LogP contribution in [0.2, 0.25) is 0 Å². The normalized spacial score (nSPS) is 47.5. The Morgan fingerprint density at radius 2 is 1.75 bits per heavy atom. The molecular weight excluding hydrogens is 152 g/mol. The molecule has 72 valence electrons. The van der Waals surface area contributed by atoms with Crippen molar-refractivity contribution >= 4 is 0 Å². The van der Waals surface area contributed by atoms with Crippen molar-refractivity contribution in [3.8, 4) is 0 Å². The van der Waals surface area contributed by atoms with E-state index in [1.165, 1.54) is 0 Å². The molecule has 1 aliphatic rings. The van der Waals surface area contributed by atoms with E-state index in [0.717, 1.165) is 12.8 Å². The van der Waals surface area contributed by atoms with E-state index in [4.69, 9.17) is 0 Å². The van der Waals surface area contributed by atoms with Crippen molar-refractivity contribution in [1.29, 1.82) is 0 Å². The highest BCUT2D eigenvalue weighted by Gasteiger charge is 2.49. The molecule has 1 rings (SSSR count). The van der Waals surface area contributed by atoms with E-state index in [1.807, 2.05) is 13.8 Å².